The van der Waals surface area contributed by atoms with Gasteiger partial charge < -0.3 is 9.88 Å². The first-order valence-electron chi connectivity index (χ1n) is 9.26. The van der Waals surface area contributed by atoms with Crippen molar-refractivity contribution in [3.8, 4) is 0 Å². The number of hydrogen-bond acceptors (Lipinski definition) is 2. The molecule has 4 nitrogen and oxygen atoms in total. The molecule has 1 N–H and O–H groups in total. The summed E-state index contributed by atoms with van der Waals surface area (Å²) in [5.74, 6) is -0.246. The van der Waals surface area contributed by atoms with Crippen LogP contribution in [0.15, 0.2) is 91.1 Å². The monoisotopic (exact) mass is 366 g/mol. The van der Waals surface area contributed by atoms with E-state index >= 15 is 0 Å². The number of Topliss-reactive ketones (excluding diaryl/α,β-unsaturated/α-hetero) is 1. The van der Waals surface area contributed by atoms with Gasteiger partial charge in [-0.3, -0.25) is 9.59 Å². The Kier molecular flexibility index (Phi) is 3.66. The first-order chi connectivity index (χ1) is 13.7. The molecular weight excluding hydrogens is 348 g/mol. The molecule has 4 aromatic rings. The summed E-state index contributed by atoms with van der Waals surface area (Å²) in [7, 11) is 0. The van der Waals surface area contributed by atoms with Crippen LogP contribution >= 0.6 is 0 Å². The van der Waals surface area contributed by atoms with Gasteiger partial charge in [0, 0.05) is 34.9 Å². The number of aromatic nitrogens is 1. The van der Waals surface area contributed by atoms with E-state index in [2.05, 4.69) is 5.32 Å². The number of para-hydroxylation sites is 2. The molecule has 0 aliphatic carbocycles. The summed E-state index contributed by atoms with van der Waals surface area (Å²) < 4.78 is 1.95. The Morgan fingerprint density at radius 1 is 0.857 bits per heavy atom. The fraction of sp³-hybridized carbons (Fsp3) is 0.0833. The van der Waals surface area contributed by atoms with Gasteiger partial charge in [-0.05, 0) is 23.6 Å². The average Bonchev–Trinajstić information content (AvgIpc) is 3.28. The molecule has 0 saturated carbocycles. The van der Waals surface area contributed by atoms with E-state index in [-0.39, 0.29) is 18.1 Å². The van der Waals surface area contributed by atoms with E-state index in [9.17, 15) is 9.59 Å². The number of carbonyl (C=O) groups excluding carboxylic acids is 2. The zero-order valence-electron chi connectivity index (χ0n) is 15.1. The minimum absolute atomic E-state index is 0.0541. The number of rotatable bonds is 4. The highest BCUT2D eigenvalue weighted by atomic mass is 16.2. The molecule has 0 unspecified atom stereocenters. The standard InChI is InChI=1S/C24H18N2O2/c27-22(18-9-2-1-3-10-18)16-24(19-11-5-6-12-20(19)25-23(24)28)26-15-14-17-8-4-7-13-21(17)26/h1-15H,16H2,(H,25,28)/t24-/m0/s1. The van der Waals surface area contributed by atoms with Crippen LogP contribution in [0.25, 0.3) is 10.9 Å². The molecule has 1 aliphatic rings. The van der Waals surface area contributed by atoms with Crippen molar-refractivity contribution in [2.45, 2.75) is 12.0 Å². The number of fused-ring (bicyclic) bond motifs is 2. The van der Waals surface area contributed by atoms with E-state index in [1.165, 1.54) is 0 Å². The number of ketones is 1. The predicted molar refractivity (Wildman–Crippen MR) is 109 cm³/mol. The van der Waals surface area contributed by atoms with Crippen molar-refractivity contribution in [3.05, 3.63) is 102 Å². The van der Waals surface area contributed by atoms with Crippen LogP contribution in [0, 0.1) is 0 Å². The molecule has 0 bridgehead atoms. The summed E-state index contributed by atoms with van der Waals surface area (Å²) in [4.78, 5) is 26.6. The molecule has 0 fully saturated rings. The molecule has 28 heavy (non-hydrogen) atoms. The Morgan fingerprint density at radius 3 is 2.43 bits per heavy atom. The molecule has 0 saturated heterocycles. The molecule has 136 valence electrons. The van der Waals surface area contributed by atoms with Crippen LogP contribution in [-0.4, -0.2) is 16.3 Å². The van der Waals surface area contributed by atoms with Crippen molar-refractivity contribution in [2.24, 2.45) is 0 Å². The summed E-state index contributed by atoms with van der Waals surface area (Å²) in [6.45, 7) is 0. The zero-order chi connectivity index (χ0) is 19.1. The molecule has 1 amide bonds. The second-order valence-corrected chi connectivity index (χ2v) is 7.07. The van der Waals surface area contributed by atoms with Crippen LogP contribution in [0.2, 0.25) is 0 Å². The highest BCUT2D eigenvalue weighted by molar-refractivity contribution is 6.11. The maximum Gasteiger partial charge on any atom is 0.255 e. The highest BCUT2D eigenvalue weighted by Crippen LogP contribution is 2.44. The van der Waals surface area contributed by atoms with Crippen LogP contribution in [0.4, 0.5) is 5.69 Å². The molecule has 4 heteroatoms. The van der Waals surface area contributed by atoms with Gasteiger partial charge in [-0.25, -0.2) is 0 Å². The number of amides is 1. The lowest BCUT2D eigenvalue weighted by Gasteiger charge is -2.30. The Labute approximate surface area is 162 Å². The highest BCUT2D eigenvalue weighted by Gasteiger charge is 2.50. The number of hydrogen-bond donors (Lipinski definition) is 1. The Morgan fingerprint density at radius 2 is 1.57 bits per heavy atom. The van der Waals surface area contributed by atoms with Gasteiger partial charge in [-0.2, -0.15) is 0 Å². The van der Waals surface area contributed by atoms with Crippen molar-refractivity contribution < 1.29 is 9.59 Å². The van der Waals surface area contributed by atoms with Crippen molar-refractivity contribution in [3.63, 3.8) is 0 Å². The Bertz CT molecular complexity index is 1210. The van der Waals surface area contributed by atoms with Gasteiger partial charge >= 0.3 is 0 Å². The van der Waals surface area contributed by atoms with Gasteiger partial charge in [0.1, 0.15) is 0 Å². The fourth-order valence-electron chi connectivity index (χ4n) is 4.17. The van der Waals surface area contributed by atoms with Crippen molar-refractivity contribution >= 4 is 28.3 Å². The van der Waals surface area contributed by atoms with Crippen LogP contribution in [-0.2, 0) is 10.3 Å². The normalized spacial score (nSPS) is 18.1. The van der Waals surface area contributed by atoms with Gasteiger partial charge in [-0.15, -0.1) is 0 Å². The second kappa shape index (κ2) is 6.20. The van der Waals surface area contributed by atoms with Crippen LogP contribution in [0.1, 0.15) is 22.3 Å². The van der Waals surface area contributed by atoms with Crippen LogP contribution in [0.3, 0.4) is 0 Å². The van der Waals surface area contributed by atoms with Gasteiger partial charge in [0.25, 0.3) is 5.91 Å². The third-order valence-electron chi connectivity index (χ3n) is 5.52. The molecule has 0 radical (unpaired) electrons. The van der Waals surface area contributed by atoms with Crippen molar-refractivity contribution in [2.75, 3.05) is 5.32 Å². The van der Waals surface area contributed by atoms with Gasteiger partial charge in [0.2, 0.25) is 0 Å². The third-order valence-corrected chi connectivity index (χ3v) is 5.52. The number of nitrogens with one attached hydrogen (secondary N) is 1. The lowest BCUT2D eigenvalue weighted by atomic mass is 9.84. The maximum absolute atomic E-state index is 13.4. The summed E-state index contributed by atoms with van der Waals surface area (Å²) in [5, 5.41) is 4.02. The molecule has 3 aromatic carbocycles. The Hall–Kier alpha value is -3.66. The lowest BCUT2D eigenvalue weighted by molar-refractivity contribution is -0.121. The first kappa shape index (κ1) is 16.5. The number of benzene rings is 3. The molecule has 5 rings (SSSR count). The van der Waals surface area contributed by atoms with Crippen molar-refractivity contribution in [1.82, 2.24) is 4.57 Å². The van der Waals surface area contributed by atoms with Crippen molar-refractivity contribution in [1.29, 1.82) is 0 Å². The summed E-state index contributed by atoms with van der Waals surface area (Å²) in [6, 6.07) is 26.7. The molecule has 1 aliphatic heterocycles. The molecule has 1 aromatic heterocycles. The fourth-order valence-corrected chi connectivity index (χ4v) is 4.17. The topological polar surface area (TPSA) is 51.1 Å². The van der Waals surface area contributed by atoms with E-state index in [0.29, 0.717) is 5.56 Å². The molecule has 0 spiro atoms. The quantitative estimate of drug-likeness (QED) is 0.536. The minimum Gasteiger partial charge on any atom is -0.328 e. The Balaban J connectivity index is 1.74. The molecule has 2 heterocycles. The largest absolute Gasteiger partial charge is 0.328 e. The SMILES string of the molecule is O=C(C[C@@]1(n2ccc3ccccc32)C(=O)Nc2ccccc21)c1ccccc1. The van der Waals surface area contributed by atoms with Crippen LogP contribution in [0.5, 0.6) is 0 Å². The summed E-state index contributed by atoms with van der Waals surface area (Å²) >= 11 is 0. The minimum atomic E-state index is -1.12. The second-order valence-electron chi connectivity index (χ2n) is 7.07. The number of carbonyl (C=O) groups is 2. The maximum atomic E-state index is 13.4. The van der Waals surface area contributed by atoms with Crippen LogP contribution < -0.4 is 5.32 Å². The first-order valence-corrected chi connectivity index (χ1v) is 9.26. The van der Waals surface area contributed by atoms with Gasteiger partial charge in [-0.1, -0.05) is 66.7 Å². The summed E-state index contributed by atoms with van der Waals surface area (Å²) in [6.07, 6.45) is 1.96. The number of anilines is 1. The van der Waals surface area contributed by atoms with E-state index in [1.54, 1.807) is 12.1 Å². The summed E-state index contributed by atoms with van der Waals surface area (Å²) in [5.41, 5.74) is 2.00. The van der Waals surface area contributed by atoms with Gasteiger partial charge in [0.15, 0.2) is 11.3 Å². The number of nitrogens with zero attached hydrogens (tertiary/aromatic N) is 1. The van der Waals surface area contributed by atoms with E-state index in [0.717, 1.165) is 22.2 Å². The smallest absolute Gasteiger partial charge is 0.255 e. The van der Waals surface area contributed by atoms with Gasteiger partial charge in [0.05, 0.1) is 0 Å². The molecule has 1 atom stereocenters. The predicted octanol–water partition coefficient (Wildman–Crippen LogP) is 4.61. The third kappa shape index (κ3) is 2.31. The zero-order valence-corrected chi connectivity index (χ0v) is 15.1. The average molecular weight is 366 g/mol. The van der Waals surface area contributed by atoms with E-state index in [1.807, 2.05) is 83.6 Å². The molecular formula is C24H18N2O2. The van der Waals surface area contributed by atoms with E-state index in [4.69, 9.17) is 0 Å². The lowest BCUT2D eigenvalue weighted by Crippen LogP contribution is -2.43. The van der Waals surface area contributed by atoms with E-state index < -0.39 is 5.54 Å².